The molecule has 3 heteroatoms. The molecule has 0 atom stereocenters. The molecule has 18 heavy (non-hydrogen) atoms. The van der Waals surface area contributed by atoms with Gasteiger partial charge in [0.25, 0.3) is 0 Å². The van der Waals surface area contributed by atoms with Gasteiger partial charge in [-0.2, -0.15) is 0 Å². The van der Waals surface area contributed by atoms with E-state index in [0.717, 1.165) is 16.3 Å². The summed E-state index contributed by atoms with van der Waals surface area (Å²) >= 11 is 9.95. The average Bonchev–Trinajstić information content (AvgIpc) is 2.38. The highest BCUT2D eigenvalue weighted by atomic mass is 79.9. The second-order valence-corrected chi connectivity index (χ2v) is 6.37. The summed E-state index contributed by atoms with van der Waals surface area (Å²) in [5, 5.41) is 1.73. The van der Waals surface area contributed by atoms with Crippen LogP contribution in [0.15, 0.2) is 18.2 Å². The van der Waals surface area contributed by atoms with Gasteiger partial charge >= 0.3 is 0 Å². The molecule has 0 spiro atoms. The molecule has 0 aromatic heterocycles. The van der Waals surface area contributed by atoms with Crippen molar-refractivity contribution in [2.45, 2.75) is 44.0 Å². The van der Waals surface area contributed by atoms with E-state index in [1.54, 1.807) is 0 Å². The molecule has 0 radical (unpaired) electrons. The van der Waals surface area contributed by atoms with Gasteiger partial charge in [-0.1, -0.05) is 46.6 Å². The highest BCUT2D eigenvalue weighted by Gasteiger charge is 2.24. The average molecular weight is 331 g/mol. The lowest BCUT2D eigenvalue weighted by atomic mass is 9.86. The molecule has 0 heterocycles. The van der Waals surface area contributed by atoms with Crippen molar-refractivity contribution in [2.75, 3.05) is 11.9 Å². The Bertz CT molecular complexity index is 399. The van der Waals surface area contributed by atoms with Crippen LogP contribution in [0.4, 0.5) is 5.69 Å². The number of hydrogen-bond donors (Lipinski definition) is 0. The van der Waals surface area contributed by atoms with Crippen molar-refractivity contribution < 1.29 is 0 Å². The molecular weight excluding hydrogens is 310 g/mol. The van der Waals surface area contributed by atoms with Crippen LogP contribution >= 0.6 is 27.5 Å². The van der Waals surface area contributed by atoms with Crippen molar-refractivity contribution in [1.82, 2.24) is 0 Å². The van der Waals surface area contributed by atoms with Crippen LogP contribution in [0.1, 0.15) is 38.2 Å². The Labute approximate surface area is 124 Å². The van der Waals surface area contributed by atoms with E-state index in [-0.39, 0.29) is 0 Å². The summed E-state index contributed by atoms with van der Waals surface area (Å²) in [6.07, 6.45) is 5.24. The van der Waals surface area contributed by atoms with E-state index >= 15 is 0 Å². The summed E-state index contributed by atoms with van der Waals surface area (Å²) in [4.78, 5) is 2.39. The molecule has 1 aliphatic rings. The molecule has 1 fully saturated rings. The number of rotatable bonds is 3. The fourth-order valence-electron chi connectivity index (χ4n) is 2.88. The molecule has 0 saturated heterocycles. The number of alkyl halides is 1. The maximum atomic E-state index is 6.39. The largest absolute Gasteiger partial charge is 0.370 e. The molecule has 100 valence electrons. The summed E-state index contributed by atoms with van der Waals surface area (Å²) in [6, 6.07) is 6.81. The fraction of sp³-hybridized carbons (Fsp3) is 0.600. The van der Waals surface area contributed by atoms with Crippen LogP contribution in [0.2, 0.25) is 5.02 Å². The van der Waals surface area contributed by atoms with Crippen LogP contribution in [0.25, 0.3) is 0 Å². The van der Waals surface area contributed by atoms with Gasteiger partial charge in [0.2, 0.25) is 0 Å². The lowest BCUT2D eigenvalue weighted by Gasteiger charge is -2.36. The van der Waals surface area contributed by atoms with Crippen molar-refractivity contribution in [2.24, 2.45) is 5.92 Å². The molecule has 0 amide bonds. The topological polar surface area (TPSA) is 3.24 Å². The van der Waals surface area contributed by atoms with Gasteiger partial charge in [-0.05, 0) is 43.2 Å². The van der Waals surface area contributed by atoms with Crippen LogP contribution in [0, 0.1) is 5.92 Å². The quantitative estimate of drug-likeness (QED) is 0.684. The number of para-hydroxylation sites is 1. The first-order valence-corrected chi connectivity index (χ1v) is 8.19. The van der Waals surface area contributed by atoms with E-state index in [1.807, 2.05) is 12.1 Å². The molecule has 1 aliphatic carbocycles. The van der Waals surface area contributed by atoms with E-state index in [1.165, 1.54) is 36.9 Å². The van der Waals surface area contributed by atoms with Crippen LogP contribution in [-0.4, -0.2) is 13.1 Å². The third-order valence-corrected chi connectivity index (χ3v) is 5.01. The van der Waals surface area contributed by atoms with E-state index in [0.29, 0.717) is 6.04 Å². The number of benzene rings is 1. The molecule has 1 saturated carbocycles. The Morgan fingerprint density at radius 1 is 1.28 bits per heavy atom. The zero-order valence-corrected chi connectivity index (χ0v) is 13.5. The Kier molecular flexibility index (Phi) is 4.97. The fourth-order valence-corrected chi connectivity index (χ4v) is 3.66. The minimum absolute atomic E-state index is 0.638. The number of hydrogen-bond acceptors (Lipinski definition) is 1. The normalized spacial score (nSPS) is 24.0. The Morgan fingerprint density at radius 2 is 1.94 bits per heavy atom. The molecular formula is C15H21BrClN. The lowest BCUT2D eigenvalue weighted by Crippen LogP contribution is -2.35. The molecule has 1 aromatic rings. The Hall–Kier alpha value is -0.210. The third kappa shape index (κ3) is 3.03. The van der Waals surface area contributed by atoms with E-state index in [9.17, 15) is 0 Å². The second-order valence-electron chi connectivity index (χ2n) is 5.41. The maximum absolute atomic E-state index is 6.39. The highest BCUT2D eigenvalue weighted by molar-refractivity contribution is 9.08. The van der Waals surface area contributed by atoms with Gasteiger partial charge in [0.1, 0.15) is 0 Å². The molecule has 1 aromatic carbocycles. The molecule has 0 bridgehead atoms. The summed E-state index contributed by atoms with van der Waals surface area (Å²) in [6.45, 7) is 2.36. The minimum atomic E-state index is 0.638. The smallest absolute Gasteiger partial charge is 0.0642 e. The summed E-state index contributed by atoms with van der Waals surface area (Å²) < 4.78 is 0. The SMILES string of the molecule is CC1CCC(N(C)c2c(Cl)cccc2CBr)CC1. The predicted octanol–water partition coefficient (Wildman–Crippen LogP) is 5.25. The van der Waals surface area contributed by atoms with Crippen LogP contribution in [-0.2, 0) is 5.33 Å². The monoisotopic (exact) mass is 329 g/mol. The Balaban J connectivity index is 2.20. The van der Waals surface area contributed by atoms with Crippen molar-refractivity contribution in [3.63, 3.8) is 0 Å². The first kappa shape index (κ1) is 14.2. The summed E-state index contributed by atoms with van der Waals surface area (Å²) in [5.41, 5.74) is 2.49. The number of nitrogens with zero attached hydrogens (tertiary/aromatic N) is 1. The van der Waals surface area contributed by atoms with Crippen LogP contribution in [0.5, 0.6) is 0 Å². The Morgan fingerprint density at radius 3 is 2.56 bits per heavy atom. The van der Waals surface area contributed by atoms with Gasteiger partial charge in [-0.25, -0.2) is 0 Å². The van der Waals surface area contributed by atoms with Gasteiger partial charge in [0.05, 0.1) is 10.7 Å². The summed E-state index contributed by atoms with van der Waals surface area (Å²) in [7, 11) is 2.19. The van der Waals surface area contributed by atoms with Gasteiger partial charge < -0.3 is 4.90 Å². The maximum Gasteiger partial charge on any atom is 0.0642 e. The van der Waals surface area contributed by atoms with E-state index in [4.69, 9.17) is 11.6 Å². The van der Waals surface area contributed by atoms with Crippen LogP contribution in [0.3, 0.4) is 0 Å². The summed E-state index contributed by atoms with van der Waals surface area (Å²) in [5.74, 6) is 0.886. The molecule has 1 nitrogen and oxygen atoms in total. The van der Waals surface area contributed by atoms with Gasteiger partial charge in [0.15, 0.2) is 0 Å². The van der Waals surface area contributed by atoms with Gasteiger partial charge in [0, 0.05) is 18.4 Å². The molecule has 0 aliphatic heterocycles. The predicted molar refractivity (Wildman–Crippen MR) is 83.9 cm³/mol. The molecule has 0 N–H and O–H groups in total. The highest BCUT2D eigenvalue weighted by Crippen LogP contribution is 2.35. The first-order chi connectivity index (χ1) is 8.63. The van der Waals surface area contributed by atoms with E-state index < -0.39 is 0 Å². The number of halogens is 2. The zero-order valence-electron chi connectivity index (χ0n) is 11.1. The van der Waals surface area contributed by atoms with Crippen LogP contribution < -0.4 is 4.90 Å². The zero-order chi connectivity index (χ0) is 13.1. The van der Waals surface area contributed by atoms with Crippen molar-refractivity contribution in [3.8, 4) is 0 Å². The number of anilines is 1. The van der Waals surface area contributed by atoms with Crippen molar-refractivity contribution >= 4 is 33.2 Å². The van der Waals surface area contributed by atoms with E-state index in [2.05, 4.69) is 40.9 Å². The van der Waals surface area contributed by atoms with Crippen molar-refractivity contribution in [1.29, 1.82) is 0 Å². The first-order valence-electron chi connectivity index (χ1n) is 6.69. The van der Waals surface area contributed by atoms with Gasteiger partial charge in [-0.15, -0.1) is 0 Å². The standard InChI is InChI=1S/C15H21BrClN/c1-11-6-8-13(9-7-11)18(2)15-12(10-16)4-3-5-14(15)17/h3-5,11,13H,6-10H2,1-2H3. The third-order valence-electron chi connectivity index (χ3n) is 4.10. The lowest BCUT2D eigenvalue weighted by molar-refractivity contribution is 0.340. The second kappa shape index (κ2) is 6.29. The molecule has 2 rings (SSSR count). The van der Waals surface area contributed by atoms with Crippen molar-refractivity contribution in [3.05, 3.63) is 28.8 Å². The minimum Gasteiger partial charge on any atom is -0.370 e. The van der Waals surface area contributed by atoms with Gasteiger partial charge in [-0.3, -0.25) is 0 Å². The molecule has 0 unspecified atom stereocenters.